The molecule has 2 saturated carbocycles. The van der Waals surface area contributed by atoms with Gasteiger partial charge in [0.1, 0.15) is 11.2 Å². The van der Waals surface area contributed by atoms with Crippen molar-refractivity contribution in [2.45, 2.75) is 128 Å². The number of piperidine rings is 3. The second-order valence-corrected chi connectivity index (χ2v) is 19.7. The van der Waals surface area contributed by atoms with E-state index in [4.69, 9.17) is 15.2 Å². The second kappa shape index (κ2) is 12.3. The summed E-state index contributed by atoms with van der Waals surface area (Å²) < 4.78 is 14.0. The Hall–Kier alpha value is -2.90. The number of esters is 2. The monoisotopic (exact) mass is 731 g/mol. The van der Waals surface area contributed by atoms with E-state index in [1.54, 1.807) is 5.70 Å². The lowest BCUT2D eigenvalue weighted by Gasteiger charge is -2.69. The van der Waals surface area contributed by atoms with Crippen molar-refractivity contribution in [2.75, 3.05) is 26.2 Å². The third-order valence-electron chi connectivity index (χ3n) is 17.2. The second-order valence-electron chi connectivity index (χ2n) is 19.7. The Balaban J connectivity index is 1.16. The van der Waals surface area contributed by atoms with Gasteiger partial charge in [-0.15, -0.1) is 0 Å². The predicted octanol–water partition coefficient (Wildman–Crippen LogP) is 8.04. The van der Waals surface area contributed by atoms with Crippen LogP contribution in [-0.2, 0) is 26.3 Å². The highest BCUT2D eigenvalue weighted by molar-refractivity contribution is 5.99. The van der Waals surface area contributed by atoms with Crippen molar-refractivity contribution in [3.8, 4) is 0 Å². The van der Waals surface area contributed by atoms with Gasteiger partial charge in [0.25, 0.3) is 0 Å². The fourth-order valence-corrected chi connectivity index (χ4v) is 15.4. The topological polar surface area (TPSA) is 85.1 Å². The predicted molar refractivity (Wildman–Crippen MR) is 208 cm³/mol. The minimum absolute atomic E-state index is 0.0894. The fourth-order valence-electron chi connectivity index (χ4n) is 15.4. The van der Waals surface area contributed by atoms with Gasteiger partial charge in [-0.25, -0.2) is 4.79 Å². The Morgan fingerprint density at radius 3 is 2.72 bits per heavy atom. The summed E-state index contributed by atoms with van der Waals surface area (Å²) in [5.41, 5.74) is 9.24. The molecule has 2 spiro atoms. The van der Waals surface area contributed by atoms with E-state index in [0.29, 0.717) is 54.1 Å². The van der Waals surface area contributed by atoms with Gasteiger partial charge in [0.05, 0.1) is 11.0 Å². The van der Waals surface area contributed by atoms with Gasteiger partial charge in [-0.05, 0) is 125 Å². The summed E-state index contributed by atoms with van der Waals surface area (Å²) in [5.74, 6) is 3.71. The van der Waals surface area contributed by atoms with Crippen LogP contribution in [-0.4, -0.2) is 60.0 Å². The SMILES string of the molecule is CCCC1C23C=C4CCC2(C(=CC2CCC5C6CC(CN(C6)C6=CCC(C)CC46)CN5C2C2CCCC2)OC3=O)C12OC(=O)c1c(CCCN)cccc12. The van der Waals surface area contributed by atoms with Crippen LogP contribution in [0.4, 0.5) is 0 Å². The molecule has 288 valence electrons. The summed E-state index contributed by atoms with van der Waals surface area (Å²) in [7, 11) is 0. The Labute approximate surface area is 322 Å². The molecule has 6 fully saturated rings. The minimum Gasteiger partial charge on any atom is -0.449 e. The number of carbonyl (C=O) groups excluding carboxylic acids is 2. The molecule has 12 atom stereocenters. The number of ether oxygens (including phenoxy) is 2. The number of hydrogen-bond donors (Lipinski definition) is 1. The number of aryl methyl sites for hydroxylation is 1. The maximum absolute atomic E-state index is 15.3. The van der Waals surface area contributed by atoms with Crippen LogP contribution in [0.3, 0.4) is 0 Å². The Morgan fingerprint density at radius 1 is 1.02 bits per heavy atom. The summed E-state index contributed by atoms with van der Waals surface area (Å²) in [6, 6.07) is 7.50. The smallest absolute Gasteiger partial charge is 0.339 e. The van der Waals surface area contributed by atoms with Crippen LogP contribution in [0.2, 0.25) is 0 Å². The van der Waals surface area contributed by atoms with Crippen LogP contribution in [0, 0.1) is 52.3 Å². The van der Waals surface area contributed by atoms with Crippen molar-refractivity contribution in [1.29, 1.82) is 0 Å². The number of hydrogen-bond acceptors (Lipinski definition) is 7. The lowest BCUT2D eigenvalue weighted by Crippen LogP contribution is -2.75. The van der Waals surface area contributed by atoms with Crippen LogP contribution in [0.5, 0.6) is 0 Å². The first kappa shape index (κ1) is 34.4. The largest absolute Gasteiger partial charge is 0.449 e. The van der Waals surface area contributed by atoms with Crippen molar-refractivity contribution in [3.63, 3.8) is 0 Å². The number of carbonyl (C=O) groups is 2. The first-order chi connectivity index (χ1) is 26.3. The van der Waals surface area contributed by atoms with Gasteiger partial charge in [0, 0.05) is 54.8 Å². The zero-order chi connectivity index (χ0) is 36.6. The van der Waals surface area contributed by atoms with Crippen LogP contribution in [0.1, 0.15) is 125 Å². The molecular weight excluding hydrogens is 671 g/mol. The normalized spacial score (nSPS) is 44.2. The summed E-state index contributed by atoms with van der Waals surface area (Å²) in [6.45, 7) is 8.77. The van der Waals surface area contributed by atoms with Gasteiger partial charge in [-0.2, -0.15) is 0 Å². The van der Waals surface area contributed by atoms with Crippen molar-refractivity contribution >= 4 is 11.9 Å². The molecule has 0 aromatic heterocycles. The summed E-state index contributed by atoms with van der Waals surface area (Å²) in [6.07, 6.45) is 23.8. The Morgan fingerprint density at radius 2 is 1.89 bits per heavy atom. The molecule has 11 aliphatic heterocycles. The molecule has 1 aromatic carbocycles. The first-order valence-corrected chi connectivity index (χ1v) is 22.3. The highest BCUT2D eigenvalue weighted by Crippen LogP contribution is 2.84. The summed E-state index contributed by atoms with van der Waals surface area (Å²) in [4.78, 5) is 35.6. The van der Waals surface area contributed by atoms with Crippen LogP contribution in [0.15, 0.2) is 53.5 Å². The van der Waals surface area contributed by atoms with E-state index in [9.17, 15) is 4.79 Å². The van der Waals surface area contributed by atoms with Gasteiger partial charge in [0.15, 0.2) is 5.60 Å². The maximum Gasteiger partial charge on any atom is 0.339 e. The van der Waals surface area contributed by atoms with E-state index in [0.717, 1.165) is 80.2 Å². The number of nitrogens with zero attached hydrogens (tertiary/aromatic N) is 2. The minimum atomic E-state index is -0.929. The van der Waals surface area contributed by atoms with E-state index in [1.807, 2.05) is 0 Å². The first-order valence-electron chi connectivity index (χ1n) is 22.3. The van der Waals surface area contributed by atoms with Gasteiger partial charge >= 0.3 is 11.9 Å². The van der Waals surface area contributed by atoms with E-state index in [1.165, 1.54) is 63.7 Å². The number of benzene rings is 1. The molecule has 2 N–H and O–H groups in total. The van der Waals surface area contributed by atoms with E-state index < -0.39 is 16.4 Å². The van der Waals surface area contributed by atoms with E-state index >= 15 is 4.79 Å². The molecule has 16 rings (SSSR count). The van der Waals surface area contributed by atoms with E-state index in [2.05, 4.69) is 60.1 Å². The number of fused-ring (bicyclic) bond motifs is 2. The van der Waals surface area contributed by atoms with Crippen molar-refractivity contribution in [2.24, 2.45) is 58.0 Å². The maximum atomic E-state index is 15.3. The van der Waals surface area contributed by atoms with Crippen LogP contribution >= 0.6 is 0 Å². The molecule has 11 heterocycles. The van der Waals surface area contributed by atoms with Gasteiger partial charge in [0.2, 0.25) is 0 Å². The molecule has 7 heteroatoms. The molecule has 15 aliphatic rings. The lowest BCUT2D eigenvalue weighted by atomic mass is 9.31. The molecule has 0 radical (unpaired) electrons. The molecular formula is C47H61N3O4. The molecule has 0 amide bonds. The van der Waals surface area contributed by atoms with E-state index in [-0.39, 0.29) is 17.9 Å². The molecule has 54 heavy (non-hydrogen) atoms. The zero-order valence-electron chi connectivity index (χ0n) is 32.7. The average molecular weight is 732 g/mol. The standard InChI is InChI=1S/C47H61N3O4/c1-3-8-39-45-24-33-18-19-46(45,47(39)36-13-6-11-30(12-7-20-48)41(36)43(51)54-47)40(53-44(45)52)23-32-15-17-37-34-22-29(26-50(37)42(32)31-9-4-5-10-31)25-49(27-34)38-16-14-28(2)21-35(33)38/h6,11,13,16,23-24,28-29,31-32,34-35,37,39,42H,3-5,7-10,12,14-15,17-22,25-27,48H2,1-2H3. The third-order valence-corrected chi connectivity index (χ3v) is 17.2. The summed E-state index contributed by atoms with van der Waals surface area (Å²) in [5, 5.41) is 0. The van der Waals surface area contributed by atoms with Gasteiger partial charge in [-0.1, -0.05) is 69.0 Å². The molecule has 4 saturated heterocycles. The van der Waals surface area contributed by atoms with Crippen LogP contribution < -0.4 is 5.73 Å². The number of rotatable bonds is 6. The molecule has 12 unspecified atom stereocenters. The van der Waals surface area contributed by atoms with Gasteiger partial charge < -0.3 is 20.1 Å². The Bertz CT molecular complexity index is 1860. The molecule has 4 aliphatic carbocycles. The van der Waals surface area contributed by atoms with Crippen molar-refractivity contribution in [3.05, 3.63) is 70.1 Å². The Kier molecular flexibility index (Phi) is 7.82. The zero-order valence-corrected chi connectivity index (χ0v) is 32.7. The molecule has 10 bridgehead atoms. The molecule has 7 nitrogen and oxygen atoms in total. The highest BCUT2D eigenvalue weighted by atomic mass is 16.6. The fraction of sp³-hybridized carbons (Fsp3) is 0.702. The third kappa shape index (κ3) is 4.27. The average Bonchev–Trinajstić information content (AvgIpc) is 3.87. The van der Waals surface area contributed by atoms with Crippen molar-refractivity contribution in [1.82, 2.24) is 9.80 Å². The number of allylic oxidation sites excluding steroid dienone is 2. The number of nitrogens with two attached hydrogens (primary N) is 1. The lowest BCUT2D eigenvalue weighted by molar-refractivity contribution is -0.271. The van der Waals surface area contributed by atoms with Gasteiger partial charge in [-0.3, -0.25) is 9.69 Å². The highest BCUT2D eigenvalue weighted by Gasteiger charge is 2.91. The molecule has 1 aromatic rings. The van der Waals surface area contributed by atoms with Crippen molar-refractivity contribution < 1.29 is 19.1 Å². The quantitative estimate of drug-likeness (QED) is 0.234. The summed E-state index contributed by atoms with van der Waals surface area (Å²) >= 11 is 0. The van der Waals surface area contributed by atoms with Crippen LogP contribution in [0.25, 0.3) is 0 Å².